The van der Waals surface area contributed by atoms with E-state index in [0.717, 1.165) is 13.0 Å². The number of hydrogen-bond donors (Lipinski definition) is 1. The van der Waals surface area contributed by atoms with Gasteiger partial charge in [0.1, 0.15) is 0 Å². The number of rotatable bonds is 5. The van der Waals surface area contributed by atoms with E-state index in [9.17, 15) is 4.79 Å². The van der Waals surface area contributed by atoms with Crippen LogP contribution in [-0.4, -0.2) is 36.6 Å². The van der Waals surface area contributed by atoms with Crippen LogP contribution in [0.4, 0.5) is 0 Å². The molecule has 0 fully saturated rings. The van der Waals surface area contributed by atoms with Crippen LogP contribution in [-0.2, 0) is 4.79 Å². The Morgan fingerprint density at radius 2 is 2.00 bits per heavy atom. The van der Waals surface area contributed by atoms with E-state index in [2.05, 4.69) is 6.58 Å². The fourth-order valence-corrected chi connectivity index (χ4v) is 0.716. The van der Waals surface area contributed by atoms with E-state index in [1.165, 1.54) is 0 Å². The third kappa shape index (κ3) is 7.75. The van der Waals surface area contributed by atoms with Crippen molar-refractivity contribution in [1.82, 2.24) is 4.90 Å². The molecule has 0 aliphatic rings. The molecule has 3 nitrogen and oxygen atoms in total. The Balaban J connectivity index is 0. The Kier molecular flexibility index (Phi) is 8.64. The third-order valence-corrected chi connectivity index (χ3v) is 1.39. The van der Waals surface area contributed by atoms with Crippen LogP contribution in [0, 0.1) is 0 Å². The van der Waals surface area contributed by atoms with Crippen LogP contribution < -0.4 is 0 Å². The molecule has 0 saturated heterocycles. The van der Waals surface area contributed by atoms with Gasteiger partial charge in [0.2, 0.25) is 0 Å². The number of aliphatic carboxylic acids is 1. The van der Waals surface area contributed by atoms with Crippen LogP contribution in [0.2, 0.25) is 0 Å². The van der Waals surface area contributed by atoms with E-state index in [1.54, 1.807) is 0 Å². The number of hydrogen-bond acceptors (Lipinski definition) is 2. The summed E-state index contributed by atoms with van der Waals surface area (Å²) in [5.41, 5.74) is 0.298. The summed E-state index contributed by atoms with van der Waals surface area (Å²) in [5, 5.41) is 8.43. The molecule has 72 valence electrons. The zero-order chi connectivity index (χ0) is 8.85. The van der Waals surface area contributed by atoms with Crippen molar-refractivity contribution in [2.45, 2.75) is 12.8 Å². The van der Waals surface area contributed by atoms with E-state index in [0.29, 0.717) is 12.0 Å². The van der Waals surface area contributed by atoms with E-state index < -0.39 is 5.97 Å². The van der Waals surface area contributed by atoms with Crippen LogP contribution in [0.3, 0.4) is 0 Å². The third-order valence-electron chi connectivity index (χ3n) is 1.39. The first-order valence-corrected chi connectivity index (χ1v) is 3.60. The van der Waals surface area contributed by atoms with E-state index in [4.69, 9.17) is 5.11 Å². The Labute approximate surface area is 83.8 Å². The van der Waals surface area contributed by atoms with Crippen LogP contribution in [0.1, 0.15) is 12.8 Å². The Morgan fingerprint density at radius 1 is 1.50 bits per heavy atom. The first kappa shape index (κ1) is 14.2. The maximum Gasteiger partial charge on any atom is 0.330 e. The maximum atomic E-state index is 10.3. The van der Waals surface area contributed by atoms with Crippen molar-refractivity contribution in [3.63, 3.8) is 0 Å². The van der Waals surface area contributed by atoms with Gasteiger partial charge in [0.05, 0.1) is 0 Å². The average molecular weight is 238 g/mol. The number of carboxylic acids is 1. The van der Waals surface area contributed by atoms with Crippen LogP contribution in [0.5, 0.6) is 0 Å². The van der Waals surface area contributed by atoms with Crippen molar-refractivity contribution in [2.24, 2.45) is 0 Å². The molecule has 0 atom stereocenters. The van der Waals surface area contributed by atoms with Gasteiger partial charge in [-0.3, -0.25) is 0 Å². The lowest BCUT2D eigenvalue weighted by atomic mass is 10.1. The second-order valence-electron chi connectivity index (χ2n) is 2.82. The lowest BCUT2D eigenvalue weighted by molar-refractivity contribution is -0.132. The summed E-state index contributed by atoms with van der Waals surface area (Å²) >= 11 is 0. The molecule has 1 N–H and O–H groups in total. The molecular formula is C8H16BrNO2. The van der Waals surface area contributed by atoms with Crippen LogP contribution >= 0.6 is 17.0 Å². The van der Waals surface area contributed by atoms with Crippen molar-refractivity contribution >= 4 is 23.0 Å². The topological polar surface area (TPSA) is 40.5 Å². The maximum absolute atomic E-state index is 10.3. The van der Waals surface area contributed by atoms with E-state index in [-0.39, 0.29) is 17.0 Å². The second kappa shape index (κ2) is 7.31. The molecule has 0 heterocycles. The minimum atomic E-state index is -0.885. The molecule has 0 saturated carbocycles. The molecule has 0 bridgehead atoms. The summed E-state index contributed by atoms with van der Waals surface area (Å²) < 4.78 is 0. The van der Waals surface area contributed by atoms with Crippen LogP contribution in [0.25, 0.3) is 0 Å². The van der Waals surface area contributed by atoms with Crippen molar-refractivity contribution < 1.29 is 9.90 Å². The number of carboxylic acid groups (broad SMARTS) is 1. The predicted molar refractivity (Wildman–Crippen MR) is 54.9 cm³/mol. The lowest BCUT2D eigenvalue weighted by Crippen LogP contribution is -2.13. The molecule has 0 radical (unpaired) electrons. The van der Waals surface area contributed by atoms with Gasteiger partial charge in [-0.2, -0.15) is 0 Å². The minimum absolute atomic E-state index is 0. The molecule has 12 heavy (non-hydrogen) atoms. The molecule has 4 heteroatoms. The highest BCUT2D eigenvalue weighted by atomic mass is 79.9. The van der Waals surface area contributed by atoms with E-state index >= 15 is 0 Å². The van der Waals surface area contributed by atoms with Gasteiger partial charge in [0, 0.05) is 5.57 Å². The van der Waals surface area contributed by atoms with Gasteiger partial charge in [-0.1, -0.05) is 6.58 Å². The van der Waals surface area contributed by atoms with Gasteiger partial charge >= 0.3 is 5.97 Å². The highest BCUT2D eigenvalue weighted by Crippen LogP contribution is 2.01. The second-order valence-corrected chi connectivity index (χ2v) is 2.82. The molecule has 0 unspecified atom stereocenters. The summed E-state index contributed by atoms with van der Waals surface area (Å²) in [6.07, 6.45) is 1.44. The Bertz CT molecular complexity index is 157. The van der Waals surface area contributed by atoms with Gasteiger partial charge in [-0.15, -0.1) is 17.0 Å². The van der Waals surface area contributed by atoms with Gasteiger partial charge in [-0.05, 0) is 33.5 Å². The standard InChI is InChI=1S/C8H15NO2.BrH/c1-7(8(10)11)5-4-6-9(2)3;/h1,4-6H2,2-3H3,(H,10,11);1H. The molecule has 0 aliphatic heterocycles. The zero-order valence-corrected chi connectivity index (χ0v) is 9.25. The van der Waals surface area contributed by atoms with Crippen molar-refractivity contribution in [3.8, 4) is 0 Å². The highest BCUT2D eigenvalue weighted by Gasteiger charge is 2.02. The zero-order valence-electron chi connectivity index (χ0n) is 7.54. The lowest BCUT2D eigenvalue weighted by Gasteiger charge is -2.08. The fourth-order valence-electron chi connectivity index (χ4n) is 0.716. The van der Waals surface area contributed by atoms with Crippen molar-refractivity contribution in [3.05, 3.63) is 12.2 Å². The smallest absolute Gasteiger partial charge is 0.330 e. The monoisotopic (exact) mass is 237 g/mol. The molecular weight excluding hydrogens is 222 g/mol. The molecule has 0 aliphatic carbocycles. The summed E-state index contributed by atoms with van der Waals surface area (Å²) in [4.78, 5) is 12.3. The number of nitrogens with zero attached hydrogens (tertiary/aromatic N) is 1. The summed E-state index contributed by atoms with van der Waals surface area (Å²) in [6, 6.07) is 0. The van der Waals surface area contributed by atoms with Crippen molar-refractivity contribution in [1.29, 1.82) is 0 Å². The van der Waals surface area contributed by atoms with Gasteiger partial charge < -0.3 is 10.0 Å². The fraction of sp³-hybridized carbons (Fsp3) is 0.625. The minimum Gasteiger partial charge on any atom is -0.478 e. The quantitative estimate of drug-likeness (QED) is 0.738. The van der Waals surface area contributed by atoms with Gasteiger partial charge in [0.25, 0.3) is 0 Å². The Morgan fingerprint density at radius 3 is 2.33 bits per heavy atom. The first-order valence-electron chi connectivity index (χ1n) is 3.60. The largest absolute Gasteiger partial charge is 0.478 e. The first-order chi connectivity index (χ1) is 5.04. The Hall–Kier alpha value is -0.350. The van der Waals surface area contributed by atoms with Crippen LogP contribution in [0.15, 0.2) is 12.2 Å². The molecule has 0 amide bonds. The van der Waals surface area contributed by atoms with E-state index in [1.807, 2.05) is 19.0 Å². The number of carbonyl (C=O) groups is 1. The normalized spacial score (nSPS) is 9.25. The summed E-state index contributed by atoms with van der Waals surface area (Å²) in [5.74, 6) is -0.885. The SMILES string of the molecule is Br.C=C(CCCN(C)C)C(=O)O. The van der Waals surface area contributed by atoms with Gasteiger partial charge in [-0.25, -0.2) is 4.79 Å². The predicted octanol–water partition coefficient (Wildman–Crippen LogP) is 1.55. The molecule has 0 spiro atoms. The molecule has 0 rings (SSSR count). The highest BCUT2D eigenvalue weighted by molar-refractivity contribution is 8.93. The van der Waals surface area contributed by atoms with Gasteiger partial charge in [0.15, 0.2) is 0 Å². The number of halogens is 1. The molecule has 0 aromatic heterocycles. The molecule has 0 aromatic rings. The molecule has 0 aromatic carbocycles. The summed E-state index contributed by atoms with van der Waals surface area (Å²) in [7, 11) is 3.92. The summed E-state index contributed by atoms with van der Waals surface area (Å²) in [6.45, 7) is 4.34. The average Bonchev–Trinajstić information content (AvgIpc) is 1.86. The van der Waals surface area contributed by atoms with Crippen molar-refractivity contribution in [2.75, 3.05) is 20.6 Å².